The van der Waals surface area contributed by atoms with Gasteiger partial charge in [0.2, 0.25) is 5.91 Å². The lowest BCUT2D eigenvalue weighted by Gasteiger charge is -2.40. The summed E-state index contributed by atoms with van der Waals surface area (Å²) in [6, 6.07) is 2.79. The molecule has 3 rings (SSSR count). The third-order valence-corrected chi connectivity index (χ3v) is 4.92. The Bertz CT molecular complexity index is 864. The third-order valence-electron chi connectivity index (χ3n) is 4.92. The molecule has 1 atom stereocenters. The van der Waals surface area contributed by atoms with Crippen molar-refractivity contribution in [1.29, 1.82) is 5.41 Å². The summed E-state index contributed by atoms with van der Waals surface area (Å²) in [5, 5.41) is 10.9. The number of halogens is 1. The molecule has 0 saturated heterocycles. The predicted molar refractivity (Wildman–Crippen MR) is 111 cm³/mol. The van der Waals surface area contributed by atoms with Crippen LogP contribution in [0.3, 0.4) is 0 Å². The van der Waals surface area contributed by atoms with Crippen LogP contribution in [0, 0.1) is 11.2 Å². The molecule has 1 aliphatic heterocycles. The highest BCUT2D eigenvalue weighted by Gasteiger charge is 2.36. The van der Waals surface area contributed by atoms with Crippen molar-refractivity contribution in [3.8, 4) is 0 Å². The van der Waals surface area contributed by atoms with Crippen molar-refractivity contribution < 1.29 is 18.7 Å². The second-order valence-electron chi connectivity index (χ2n) is 7.79. The first kappa shape index (κ1) is 20.8. The Balaban J connectivity index is 2.09. The normalized spacial score (nSPS) is 19.1. The number of allylic oxidation sites excluding steroid dienone is 1. The van der Waals surface area contributed by atoms with Crippen molar-refractivity contribution >= 4 is 35.2 Å². The number of carbonyl (C=O) groups excluding carboxylic acids is 2. The van der Waals surface area contributed by atoms with Crippen LogP contribution in [-0.4, -0.2) is 42.9 Å². The molecule has 8 heteroatoms. The van der Waals surface area contributed by atoms with E-state index in [4.69, 9.17) is 10.1 Å². The van der Waals surface area contributed by atoms with Crippen LogP contribution in [0.1, 0.15) is 46.1 Å². The van der Waals surface area contributed by atoms with Crippen molar-refractivity contribution in [2.45, 2.75) is 58.7 Å². The molecular weight excluding hydrogens is 375 g/mol. The van der Waals surface area contributed by atoms with Crippen LogP contribution in [-0.2, 0) is 9.53 Å². The summed E-state index contributed by atoms with van der Waals surface area (Å²) in [6.07, 6.45) is 3.94. The zero-order valence-electron chi connectivity index (χ0n) is 17.2. The van der Waals surface area contributed by atoms with Crippen molar-refractivity contribution in [3.05, 3.63) is 29.7 Å². The van der Waals surface area contributed by atoms with Crippen LogP contribution in [0.25, 0.3) is 5.57 Å². The fourth-order valence-corrected chi connectivity index (χ4v) is 3.44. The number of nitrogens with zero attached hydrogens (tertiary/aromatic N) is 2. The number of hydrogen-bond donors (Lipinski definition) is 2. The Morgan fingerprint density at radius 3 is 2.55 bits per heavy atom. The number of rotatable bonds is 5. The van der Waals surface area contributed by atoms with Crippen LogP contribution in [0.4, 0.5) is 20.6 Å². The summed E-state index contributed by atoms with van der Waals surface area (Å²) in [4.78, 5) is 27.8. The molecule has 1 heterocycles. The number of amides is 2. The Hall–Kier alpha value is -2.90. The number of benzene rings is 1. The van der Waals surface area contributed by atoms with Gasteiger partial charge in [0.1, 0.15) is 5.82 Å². The molecule has 0 bridgehead atoms. The number of anilines is 2. The maximum absolute atomic E-state index is 15.0. The average molecular weight is 402 g/mol. The molecule has 1 saturated carbocycles. The van der Waals surface area contributed by atoms with E-state index >= 15 is 4.39 Å². The molecule has 1 aromatic rings. The Morgan fingerprint density at radius 2 is 2.00 bits per heavy atom. The molecule has 29 heavy (non-hydrogen) atoms. The summed E-state index contributed by atoms with van der Waals surface area (Å²) in [7, 11) is 0. The lowest BCUT2D eigenvalue weighted by molar-refractivity contribution is -0.117. The summed E-state index contributed by atoms with van der Waals surface area (Å²) >= 11 is 0. The summed E-state index contributed by atoms with van der Waals surface area (Å²) < 4.78 is 20.4. The maximum Gasteiger partial charge on any atom is 0.414 e. The van der Waals surface area contributed by atoms with Crippen LogP contribution < -0.4 is 15.1 Å². The molecule has 1 aliphatic carbocycles. The van der Waals surface area contributed by atoms with E-state index in [-0.39, 0.29) is 30.2 Å². The summed E-state index contributed by atoms with van der Waals surface area (Å²) in [5.41, 5.74) is 1.26. The van der Waals surface area contributed by atoms with Gasteiger partial charge in [-0.25, -0.2) is 9.18 Å². The number of hydrogen-bond acceptors (Lipinski definition) is 5. The van der Waals surface area contributed by atoms with Gasteiger partial charge in [-0.3, -0.25) is 9.69 Å². The molecule has 1 fully saturated rings. The monoisotopic (exact) mass is 402 g/mol. The van der Waals surface area contributed by atoms with Crippen molar-refractivity contribution in [2.75, 3.05) is 16.3 Å². The molecule has 2 aliphatic rings. The van der Waals surface area contributed by atoms with E-state index in [0.29, 0.717) is 23.0 Å². The van der Waals surface area contributed by atoms with E-state index in [9.17, 15) is 9.59 Å². The second-order valence-corrected chi connectivity index (χ2v) is 7.79. The van der Waals surface area contributed by atoms with Gasteiger partial charge in [-0.2, -0.15) is 0 Å². The van der Waals surface area contributed by atoms with E-state index in [2.05, 4.69) is 5.32 Å². The quantitative estimate of drug-likeness (QED) is 0.736. The first-order valence-electron chi connectivity index (χ1n) is 9.81. The first-order valence-corrected chi connectivity index (χ1v) is 9.81. The van der Waals surface area contributed by atoms with Crippen molar-refractivity contribution in [3.63, 3.8) is 0 Å². The van der Waals surface area contributed by atoms with Gasteiger partial charge in [0.05, 0.1) is 23.5 Å². The molecule has 156 valence electrons. The standard InChI is InChI=1S/C21H27FN4O3/c1-12(2)29-21(28)25-11-13(3)26(14(4)27)20-8-18(22)17(7-19(20)25)15(9-23)10-24-16-5-6-16/h7-10,12-13,16,23-24H,5-6,11H2,1-4H3/b15-10+,23-9?. The number of nitrogens with one attached hydrogen (secondary N) is 2. The van der Waals surface area contributed by atoms with E-state index in [1.807, 2.05) is 0 Å². The smallest absolute Gasteiger partial charge is 0.414 e. The minimum absolute atomic E-state index is 0.187. The van der Waals surface area contributed by atoms with E-state index in [0.717, 1.165) is 19.1 Å². The predicted octanol–water partition coefficient (Wildman–Crippen LogP) is 3.67. The molecule has 2 amide bonds. The second kappa shape index (κ2) is 8.23. The highest BCUT2D eigenvalue weighted by atomic mass is 19.1. The fourth-order valence-electron chi connectivity index (χ4n) is 3.44. The van der Waals surface area contributed by atoms with Crippen LogP contribution >= 0.6 is 0 Å². The number of ether oxygens (including phenoxy) is 1. The molecular formula is C21H27FN4O3. The average Bonchev–Trinajstić information content (AvgIpc) is 3.45. The molecule has 0 spiro atoms. The van der Waals surface area contributed by atoms with Gasteiger partial charge in [-0.15, -0.1) is 0 Å². The van der Waals surface area contributed by atoms with Gasteiger partial charge in [0.15, 0.2) is 0 Å². The lowest BCUT2D eigenvalue weighted by Crippen LogP contribution is -2.52. The van der Waals surface area contributed by atoms with Gasteiger partial charge in [-0.1, -0.05) is 0 Å². The lowest BCUT2D eigenvalue weighted by atomic mass is 10.0. The molecule has 1 aromatic carbocycles. The number of fused-ring (bicyclic) bond motifs is 1. The minimum atomic E-state index is -0.561. The van der Waals surface area contributed by atoms with Crippen molar-refractivity contribution in [1.82, 2.24) is 5.32 Å². The zero-order valence-corrected chi connectivity index (χ0v) is 17.2. The molecule has 2 N–H and O–H groups in total. The SMILES string of the molecule is CC(=O)N1c2cc(F)c(/C(C=N)=C/NC3CC3)cc2N(C(=O)OC(C)C)CC1C. The maximum atomic E-state index is 15.0. The molecule has 1 unspecified atom stereocenters. The number of carbonyl (C=O) groups is 2. The van der Waals surface area contributed by atoms with Gasteiger partial charge in [0, 0.05) is 49.1 Å². The molecule has 0 radical (unpaired) electrons. The van der Waals surface area contributed by atoms with Crippen molar-refractivity contribution in [2.24, 2.45) is 0 Å². The largest absolute Gasteiger partial charge is 0.446 e. The van der Waals surface area contributed by atoms with Gasteiger partial charge >= 0.3 is 6.09 Å². The van der Waals surface area contributed by atoms with E-state index < -0.39 is 11.9 Å². The third kappa shape index (κ3) is 4.41. The van der Waals surface area contributed by atoms with Gasteiger partial charge < -0.3 is 20.4 Å². The topological polar surface area (TPSA) is 85.7 Å². The zero-order chi connectivity index (χ0) is 21.3. The summed E-state index contributed by atoms with van der Waals surface area (Å²) in [6.45, 7) is 6.95. The first-order chi connectivity index (χ1) is 13.7. The van der Waals surface area contributed by atoms with Gasteiger partial charge in [-0.05, 0) is 39.7 Å². The van der Waals surface area contributed by atoms with Crippen LogP contribution in [0.5, 0.6) is 0 Å². The van der Waals surface area contributed by atoms with E-state index in [1.165, 1.54) is 28.9 Å². The van der Waals surface area contributed by atoms with E-state index in [1.54, 1.807) is 27.0 Å². The minimum Gasteiger partial charge on any atom is -0.446 e. The molecule has 0 aromatic heterocycles. The Morgan fingerprint density at radius 1 is 1.31 bits per heavy atom. The Labute approximate surface area is 170 Å². The molecule has 7 nitrogen and oxygen atoms in total. The van der Waals surface area contributed by atoms with Gasteiger partial charge in [0.25, 0.3) is 0 Å². The van der Waals surface area contributed by atoms with Crippen LogP contribution in [0.2, 0.25) is 0 Å². The van der Waals surface area contributed by atoms with Crippen LogP contribution in [0.15, 0.2) is 18.3 Å². The summed E-state index contributed by atoms with van der Waals surface area (Å²) in [5.74, 6) is -0.797. The highest BCUT2D eigenvalue weighted by molar-refractivity contribution is 6.10. The highest BCUT2D eigenvalue weighted by Crippen LogP contribution is 2.39. The Kier molecular flexibility index (Phi) is 5.91. The fraction of sp³-hybridized carbons (Fsp3) is 0.476.